The van der Waals surface area contributed by atoms with E-state index >= 15 is 0 Å². The third-order valence-electron chi connectivity index (χ3n) is 3.06. The highest BCUT2D eigenvalue weighted by Crippen LogP contribution is 2.37. The Labute approximate surface area is 104 Å². The number of furan rings is 1. The highest BCUT2D eigenvalue weighted by atomic mass is 16.3. The molecule has 94 valence electrons. The first-order chi connectivity index (χ1) is 8.72. The molecule has 0 aliphatic heterocycles. The van der Waals surface area contributed by atoms with E-state index in [0.29, 0.717) is 11.7 Å². The Bertz CT molecular complexity index is 585. The highest BCUT2D eigenvalue weighted by molar-refractivity contribution is 5.36. The number of hydrogen-bond acceptors (Lipinski definition) is 4. The summed E-state index contributed by atoms with van der Waals surface area (Å²) >= 11 is 0. The van der Waals surface area contributed by atoms with Crippen LogP contribution in [-0.4, -0.2) is 9.97 Å². The van der Waals surface area contributed by atoms with Crippen molar-refractivity contribution in [1.82, 2.24) is 9.97 Å². The molecule has 0 saturated heterocycles. The Hall–Kier alpha value is -2.04. The standard InChI is InChI=1S/C13H15N3O2/c1-8(10-3-2-6-18-10)14-11-7-12(17)16-13(15-11)9-4-5-9/h2-3,6-9H,4-5H2,1H3,(H2,14,15,16,17). The van der Waals surface area contributed by atoms with Crippen LogP contribution in [0.3, 0.4) is 0 Å². The van der Waals surface area contributed by atoms with E-state index in [0.717, 1.165) is 24.4 Å². The van der Waals surface area contributed by atoms with Gasteiger partial charge in [0.25, 0.3) is 5.56 Å². The molecule has 1 aliphatic rings. The SMILES string of the molecule is CC(Nc1cc(=O)[nH]c(C2CC2)n1)c1ccco1. The maximum Gasteiger partial charge on any atom is 0.252 e. The molecule has 2 aromatic rings. The maximum atomic E-state index is 11.6. The normalized spacial score (nSPS) is 16.5. The van der Waals surface area contributed by atoms with Gasteiger partial charge in [-0.15, -0.1) is 0 Å². The molecule has 0 amide bonds. The smallest absolute Gasteiger partial charge is 0.252 e. The molecule has 0 spiro atoms. The number of nitrogens with zero attached hydrogens (tertiary/aromatic N) is 1. The van der Waals surface area contributed by atoms with Gasteiger partial charge in [0.15, 0.2) is 0 Å². The molecule has 1 unspecified atom stereocenters. The molecule has 1 aliphatic carbocycles. The van der Waals surface area contributed by atoms with Crippen LogP contribution in [0.2, 0.25) is 0 Å². The summed E-state index contributed by atoms with van der Waals surface area (Å²) in [4.78, 5) is 18.8. The zero-order chi connectivity index (χ0) is 12.5. The van der Waals surface area contributed by atoms with Crippen LogP contribution in [0.4, 0.5) is 5.82 Å². The molecule has 18 heavy (non-hydrogen) atoms. The molecule has 0 bridgehead atoms. The van der Waals surface area contributed by atoms with Crippen molar-refractivity contribution in [2.45, 2.75) is 31.7 Å². The van der Waals surface area contributed by atoms with Gasteiger partial charge in [-0.1, -0.05) is 0 Å². The van der Waals surface area contributed by atoms with Gasteiger partial charge in [-0.2, -0.15) is 0 Å². The second kappa shape index (κ2) is 4.33. The minimum atomic E-state index is -0.110. The van der Waals surface area contributed by atoms with Gasteiger partial charge < -0.3 is 14.7 Å². The van der Waals surface area contributed by atoms with Crippen molar-refractivity contribution in [3.05, 3.63) is 46.4 Å². The molecule has 0 radical (unpaired) electrons. The van der Waals surface area contributed by atoms with Crippen LogP contribution in [0, 0.1) is 0 Å². The van der Waals surface area contributed by atoms with Crippen molar-refractivity contribution in [1.29, 1.82) is 0 Å². The first-order valence-electron chi connectivity index (χ1n) is 6.13. The summed E-state index contributed by atoms with van der Waals surface area (Å²) in [7, 11) is 0. The molecule has 2 N–H and O–H groups in total. The van der Waals surface area contributed by atoms with Crippen molar-refractivity contribution in [2.75, 3.05) is 5.32 Å². The number of anilines is 1. The second-order valence-electron chi connectivity index (χ2n) is 4.67. The number of hydrogen-bond donors (Lipinski definition) is 2. The summed E-state index contributed by atoms with van der Waals surface area (Å²) in [5.74, 6) is 2.64. The van der Waals surface area contributed by atoms with Crippen molar-refractivity contribution >= 4 is 5.82 Å². The van der Waals surface area contributed by atoms with Gasteiger partial charge in [0, 0.05) is 12.0 Å². The molecule has 5 heteroatoms. The van der Waals surface area contributed by atoms with Gasteiger partial charge in [0.05, 0.1) is 12.3 Å². The Kier molecular flexibility index (Phi) is 2.66. The largest absolute Gasteiger partial charge is 0.467 e. The number of nitrogens with one attached hydrogen (secondary N) is 2. The van der Waals surface area contributed by atoms with Gasteiger partial charge >= 0.3 is 0 Å². The fraction of sp³-hybridized carbons (Fsp3) is 0.385. The van der Waals surface area contributed by atoms with Gasteiger partial charge in [-0.05, 0) is 31.9 Å². The highest BCUT2D eigenvalue weighted by Gasteiger charge is 2.26. The average molecular weight is 245 g/mol. The Morgan fingerprint density at radius 3 is 3.06 bits per heavy atom. The van der Waals surface area contributed by atoms with Crippen molar-refractivity contribution in [3.63, 3.8) is 0 Å². The lowest BCUT2D eigenvalue weighted by Gasteiger charge is -2.12. The van der Waals surface area contributed by atoms with Gasteiger partial charge in [0.2, 0.25) is 0 Å². The summed E-state index contributed by atoms with van der Waals surface area (Å²) in [6.07, 6.45) is 3.86. The molecule has 1 atom stereocenters. The quantitative estimate of drug-likeness (QED) is 0.867. The van der Waals surface area contributed by atoms with Crippen LogP contribution in [0.1, 0.15) is 43.3 Å². The zero-order valence-corrected chi connectivity index (χ0v) is 10.1. The van der Waals surface area contributed by atoms with Crippen LogP contribution >= 0.6 is 0 Å². The van der Waals surface area contributed by atoms with Crippen LogP contribution in [0.15, 0.2) is 33.7 Å². The topological polar surface area (TPSA) is 70.9 Å². The van der Waals surface area contributed by atoms with Crippen LogP contribution in [0.25, 0.3) is 0 Å². The molecule has 1 fully saturated rings. The van der Waals surface area contributed by atoms with Crippen molar-refractivity contribution in [3.8, 4) is 0 Å². The van der Waals surface area contributed by atoms with Crippen molar-refractivity contribution in [2.24, 2.45) is 0 Å². The van der Waals surface area contributed by atoms with Crippen LogP contribution < -0.4 is 10.9 Å². The van der Waals surface area contributed by atoms with E-state index < -0.39 is 0 Å². The fourth-order valence-corrected chi connectivity index (χ4v) is 1.93. The summed E-state index contributed by atoms with van der Waals surface area (Å²) in [6.45, 7) is 1.97. The van der Waals surface area contributed by atoms with E-state index in [1.165, 1.54) is 6.07 Å². The zero-order valence-electron chi connectivity index (χ0n) is 10.1. The summed E-state index contributed by atoms with van der Waals surface area (Å²) < 4.78 is 5.31. The van der Waals surface area contributed by atoms with Gasteiger partial charge in [0.1, 0.15) is 17.4 Å². The van der Waals surface area contributed by atoms with Gasteiger partial charge in [-0.3, -0.25) is 4.79 Å². The molecular weight excluding hydrogens is 230 g/mol. The third kappa shape index (κ3) is 2.30. The molecule has 2 heterocycles. The van der Waals surface area contributed by atoms with E-state index in [2.05, 4.69) is 15.3 Å². The summed E-state index contributed by atoms with van der Waals surface area (Å²) in [5, 5.41) is 3.18. The second-order valence-corrected chi connectivity index (χ2v) is 4.67. The van der Waals surface area contributed by atoms with Gasteiger partial charge in [-0.25, -0.2) is 4.98 Å². The minimum absolute atomic E-state index is 0.0126. The predicted molar refractivity (Wildman–Crippen MR) is 67.6 cm³/mol. The number of H-pyrrole nitrogens is 1. The number of aromatic amines is 1. The van der Waals surface area contributed by atoms with E-state index in [1.807, 2.05) is 19.1 Å². The summed E-state index contributed by atoms with van der Waals surface area (Å²) in [5.41, 5.74) is -0.110. The third-order valence-corrected chi connectivity index (χ3v) is 3.06. The summed E-state index contributed by atoms with van der Waals surface area (Å²) in [6, 6.07) is 5.20. The van der Waals surface area contributed by atoms with E-state index in [1.54, 1.807) is 6.26 Å². The minimum Gasteiger partial charge on any atom is -0.467 e. The Morgan fingerprint density at radius 1 is 1.56 bits per heavy atom. The fourth-order valence-electron chi connectivity index (χ4n) is 1.93. The molecule has 3 rings (SSSR count). The lowest BCUT2D eigenvalue weighted by atomic mass is 10.2. The molecular formula is C13H15N3O2. The van der Waals surface area contributed by atoms with Crippen LogP contribution in [0.5, 0.6) is 0 Å². The molecule has 5 nitrogen and oxygen atoms in total. The first-order valence-corrected chi connectivity index (χ1v) is 6.13. The Balaban J connectivity index is 1.81. The monoisotopic (exact) mass is 245 g/mol. The van der Waals surface area contributed by atoms with Crippen LogP contribution in [-0.2, 0) is 0 Å². The maximum absolute atomic E-state index is 11.6. The molecule has 1 saturated carbocycles. The molecule has 0 aromatic carbocycles. The lowest BCUT2D eigenvalue weighted by molar-refractivity contribution is 0.490. The average Bonchev–Trinajstić information content (AvgIpc) is 3.03. The number of aromatic nitrogens is 2. The van der Waals surface area contributed by atoms with Crippen molar-refractivity contribution < 1.29 is 4.42 Å². The Morgan fingerprint density at radius 2 is 2.39 bits per heavy atom. The van der Waals surface area contributed by atoms with E-state index in [9.17, 15) is 4.79 Å². The first kappa shape index (κ1) is 11.1. The van der Waals surface area contributed by atoms with E-state index in [4.69, 9.17) is 4.42 Å². The van der Waals surface area contributed by atoms with E-state index in [-0.39, 0.29) is 11.6 Å². The predicted octanol–water partition coefficient (Wildman–Crippen LogP) is 2.41. The number of rotatable bonds is 4. The molecule has 2 aromatic heterocycles. The lowest BCUT2D eigenvalue weighted by Crippen LogP contribution is -2.15.